The molecule has 0 heterocycles. The molecule has 0 aliphatic heterocycles. The summed E-state index contributed by atoms with van der Waals surface area (Å²) in [5.41, 5.74) is 1.94. The van der Waals surface area contributed by atoms with Gasteiger partial charge < -0.3 is 0 Å². The van der Waals surface area contributed by atoms with Crippen LogP contribution < -0.4 is 0 Å². The quantitative estimate of drug-likeness (QED) is 0.549. The lowest BCUT2D eigenvalue weighted by Crippen LogP contribution is -2.54. The van der Waals surface area contributed by atoms with E-state index < -0.39 is 0 Å². The number of rotatable bonds is 1. The molecule has 4 fully saturated rings. The lowest BCUT2D eigenvalue weighted by atomic mass is 9.40. The highest BCUT2D eigenvalue weighted by molar-refractivity contribution is 5.16. The molecule has 4 aliphatic rings. The van der Waals surface area contributed by atoms with Crippen LogP contribution in [0.1, 0.15) is 59.3 Å². The maximum absolute atomic E-state index is 2.55. The summed E-state index contributed by atoms with van der Waals surface area (Å²) in [4.78, 5) is 0. The van der Waals surface area contributed by atoms with Crippen molar-refractivity contribution in [3.8, 4) is 0 Å². The van der Waals surface area contributed by atoms with Crippen LogP contribution in [0.5, 0.6) is 0 Å². The van der Waals surface area contributed by atoms with Crippen LogP contribution in [0, 0.1) is 22.2 Å². The van der Waals surface area contributed by atoms with Gasteiger partial charge in [-0.25, -0.2) is 0 Å². The van der Waals surface area contributed by atoms with E-state index in [-0.39, 0.29) is 0 Å². The average molecular weight is 204 g/mol. The number of allylic oxidation sites excluding steroid dienone is 2. The molecule has 0 spiro atoms. The molecule has 84 valence electrons. The van der Waals surface area contributed by atoms with Crippen molar-refractivity contribution in [1.29, 1.82) is 0 Å². The smallest absolute Gasteiger partial charge is 0.0105 e. The standard InChI is InChI=1S/C15H24/c1-4-5-15-8-12-6-13(2,10-15)9-14(3,7-12)11-15/h4-5,12H,6-11H2,1-3H3. The summed E-state index contributed by atoms with van der Waals surface area (Å²) in [5.74, 6) is 1.03. The first kappa shape index (κ1) is 9.93. The average Bonchev–Trinajstić information content (AvgIpc) is 1.94. The summed E-state index contributed by atoms with van der Waals surface area (Å²) in [6.45, 7) is 7.30. The molecule has 0 heteroatoms. The first-order valence-corrected chi connectivity index (χ1v) is 6.61. The molecule has 0 aromatic carbocycles. The van der Waals surface area contributed by atoms with Crippen LogP contribution in [0.2, 0.25) is 0 Å². The Balaban J connectivity index is 2.01. The monoisotopic (exact) mass is 204 g/mol. The molecule has 0 amide bonds. The maximum Gasteiger partial charge on any atom is -0.0105 e. The zero-order chi connectivity index (χ0) is 10.7. The van der Waals surface area contributed by atoms with Gasteiger partial charge in [-0.2, -0.15) is 0 Å². The van der Waals surface area contributed by atoms with Crippen molar-refractivity contribution in [2.75, 3.05) is 0 Å². The summed E-state index contributed by atoms with van der Waals surface area (Å²) in [7, 11) is 0. The molecule has 0 nitrogen and oxygen atoms in total. The minimum absolute atomic E-state index is 0.595. The fourth-order valence-corrected chi connectivity index (χ4v) is 6.08. The number of hydrogen-bond donors (Lipinski definition) is 0. The second-order valence-corrected chi connectivity index (χ2v) is 7.49. The predicted molar refractivity (Wildman–Crippen MR) is 64.7 cm³/mol. The second-order valence-electron chi connectivity index (χ2n) is 7.49. The van der Waals surface area contributed by atoms with Crippen molar-refractivity contribution in [2.24, 2.45) is 22.2 Å². The van der Waals surface area contributed by atoms with Crippen molar-refractivity contribution in [2.45, 2.75) is 59.3 Å². The largest absolute Gasteiger partial charge is 0.0911 e. The summed E-state index contributed by atoms with van der Waals surface area (Å²) < 4.78 is 0. The normalized spacial score (nSPS) is 57.9. The Morgan fingerprint density at radius 2 is 1.53 bits per heavy atom. The van der Waals surface area contributed by atoms with Gasteiger partial charge in [0.15, 0.2) is 0 Å². The van der Waals surface area contributed by atoms with Gasteiger partial charge in [-0.3, -0.25) is 0 Å². The second kappa shape index (κ2) is 2.70. The Morgan fingerprint density at radius 3 is 2.00 bits per heavy atom. The van der Waals surface area contributed by atoms with Gasteiger partial charge in [0.05, 0.1) is 0 Å². The van der Waals surface area contributed by atoms with E-state index in [4.69, 9.17) is 0 Å². The van der Waals surface area contributed by atoms with Gasteiger partial charge in [-0.05, 0) is 67.6 Å². The number of hydrogen-bond acceptors (Lipinski definition) is 0. The first-order valence-electron chi connectivity index (χ1n) is 6.61. The van der Waals surface area contributed by atoms with Crippen LogP contribution in [-0.4, -0.2) is 0 Å². The molecule has 4 rings (SSSR count). The minimum atomic E-state index is 0.595. The zero-order valence-corrected chi connectivity index (χ0v) is 10.5. The molecule has 2 unspecified atom stereocenters. The van der Waals surface area contributed by atoms with Crippen LogP contribution in [0.4, 0.5) is 0 Å². The lowest BCUT2D eigenvalue weighted by Gasteiger charge is -2.65. The summed E-state index contributed by atoms with van der Waals surface area (Å²) in [6, 6.07) is 0. The van der Waals surface area contributed by atoms with Crippen LogP contribution >= 0.6 is 0 Å². The molecule has 4 saturated carbocycles. The third kappa shape index (κ3) is 1.40. The van der Waals surface area contributed by atoms with E-state index in [0.717, 1.165) is 5.92 Å². The Kier molecular flexibility index (Phi) is 1.79. The van der Waals surface area contributed by atoms with Crippen LogP contribution in [0.3, 0.4) is 0 Å². The van der Waals surface area contributed by atoms with Crippen LogP contribution in [-0.2, 0) is 0 Å². The Morgan fingerprint density at radius 1 is 0.933 bits per heavy atom. The molecule has 0 aromatic heterocycles. The lowest BCUT2D eigenvalue weighted by molar-refractivity contribution is -0.124. The van der Waals surface area contributed by atoms with Gasteiger partial charge in [0.1, 0.15) is 0 Å². The maximum atomic E-state index is 2.55. The van der Waals surface area contributed by atoms with E-state index in [1.54, 1.807) is 0 Å². The predicted octanol–water partition coefficient (Wildman–Crippen LogP) is 4.56. The van der Waals surface area contributed by atoms with Crippen molar-refractivity contribution in [1.82, 2.24) is 0 Å². The molecule has 4 bridgehead atoms. The molecule has 4 aliphatic carbocycles. The molecule has 2 atom stereocenters. The van der Waals surface area contributed by atoms with Gasteiger partial charge in [0.2, 0.25) is 0 Å². The molecule has 0 N–H and O–H groups in total. The molecule has 0 aromatic rings. The zero-order valence-electron chi connectivity index (χ0n) is 10.5. The van der Waals surface area contributed by atoms with Gasteiger partial charge in [0.25, 0.3) is 0 Å². The fraction of sp³-hybridized carbons (Fsp3) is 0.867. The van der Waals surface area contributed by atoms with Crippen LogP contribution in [0.15, 0.2) is 12.2 Å². The molecule has 0 radical (unpaired) electrons. The van der Waals surface area contributed by atoms with Gasteiger partial charge in [0, 0.05) is 0 Å². The molecule has 15 heavy (non-hydrogen) atoms. The van der Waals surface area contributed by atoms with E-state index >= 15 is 0 Å². The summed E-state index contributed by atoms with van der Waals surface area (Å²) in [5, 5.41) is 0. The third-order valence-electron chi connectivity index (χ3n) is 5.19. The fourth-order valence-electron chi connectivity index (χ4n) is 6.08. The van der Waals surface area contributed by atoms with E-state index in [1.807, 2.05) is 0 Å². The highest BCUT2D eigenvalue weighted by Crippen LogP contribution is 2.69. The summed E-state index contributed by atoms with van der Waals surface area (Å²) in [6.07, 6.45) is 13.8. The van der Waals surface area contributed by atoms with E-state index in [0.29, 0.717) is 16.2 Å². The Labute approximate surface area is 94.1 Å². The highest BCUT2D eigenvalue weighted by Gasteiger charge is 2.58. The van der Waals surface area contributed by atoms with Gasteiger partial charge in [-0.15, -0.1) is 0 Å². The molecular formula is C15H24. The minimum Gasteiger partial charge on any atom is -0.0911 e. The molecule has 0 saturated heterocycles. The highest BCUT2D eigenvalue weighted by atomic mass is 14.6. The van der Waals surface area contributed by atoms with Gasteiger partial charge in [-0.1, -0.05) is 26.0 Å². The van der Waals surface area contributed by atoms with Crippen LogP contribution in [0.25, 0.3) is 0 Å². The van der Waals surface area contributed by atoms with E-state index in [9.17, 15) is 0 Å². The van der Waals surface area contributed by atoms with Crippen molar-refractivity contribution >= 4 is 0 Å². The van der Waals surface area contributed by atoms with Crippen molar-refractivity contribution in [3.63, 3.8) is 0 Å². The first-order chi connectivity index (χ1) is 6.97. The molecular weight excluding hydrogens is 180 g/mol. The third-order valence-corrected chi connectivity index (χ3v) is 5.19. The summed E-state index contributed by atoms with van der Waals surface area (Å²) >= 11 is 0. The SMILES string of the molecule is CC=CC12CC3CC(C)(CC(C)(C3)C1)C2. The van der Waals surface area contributed by atoms with E-state index in [1.165, 1.54) is 38.5 Å². The van der Waals surface area contributed by atoms with E-state index in [2.05, 4.69) is 32.9 Å². The van der Waals surface area contributed by atoms with Crippen molar-refractivity contribution < 1.29 is 0 Å². The Bertz CT molecular complexity index is 294. The topological polar surface area (TPSA) is 0 Å². The van der Waals surface area contributed by atoms with Crippen molar-refractivity contribution in [3.05, 3.63) is 12.2 Å². The van der Waals surface area contributed by atoms with Gasteiger partial charge >= 0.3 is 0 Å². The Hall–Kier alpha value is -0.260.